The number of hydrogen-bond acceptors (Lipinski definition) is 7. The molecule has 1 heterocycles. The molecule has 6 nitrogen and oxygen atoms in total. The molecule has 0 saturated carbocycles. The Hall–Kier alpha value is -1.58. The summed E-state index contributed by atoms with van der Waals surface area (Å²) in [6, 6.07) is 7.67. The van der Waals surface area contributed by atoms with Gasteiger partial charge in [-0.05, 0) is 32.9 Å². The number of thioether (sulfide) groups is 2. The van der Waals surface area contributed by atoms with E-state index in [0.29, 0.717) is 18.8 Å². The highest BCUT2D eigenvalue weighted by molar-refractivity contribution is 8.03. The second-order valence-corrected chi connectivity index (χ2v) is 8.81. The molecule has 0 aliphatic rings. The lowest BCUT2D eigenvalue weighted by Crippen LogP contribution is -2.31. The maximum Gasteiger partial charge on any atom is 0.234 e. The molecule has 0 spiro atoms. The van der Waals surface area contributed by atoms with Gasteiger partial charge in [-0.3, -0.25) is 9.59 Å². The molecule has 0 atom stereocenters. The minimum absolute atomic E-state index is 0.0834. The normalized spacial score (nSPS) is 10.6. The van der Waals surface area contributed by atoms with E-state index >= 15 is 0 Å². The summed E-state index contributed by atoms with van der Waals surface area (Å²) in [7, 11) is 0. The predicted molar refractivity (Wildman–Crippen MR) is 109 cm³/mol. The van der Waals surface area contributed by atoms with Crippen molar-refractivity contribution in [3.8, 4) is 0 Å². The van der Waals surface area contributed by atoms with E-state index in [9.17, 15) is 9.59 Å². The molecule has 2 rings (SSSR count). The average Bonchev–Trinajstić information content (AvgIpc) is 3.09. The molecule has 0 radical (unpaired) electrons. The smallest absolute Gasteiger partial charge is 0.234 e. The van der Waals surface area contributed by atoms with Crippen LogP contribution in [0, 0.1) is 6.92 Å². The maximum absolute atomic E-state index is 12.0. The highest BCUT2D eigenvalue weighted by atomic mass is 32.2. The Labute approximate surface area is 166 Å². The van der Waals surface area contributed by atoms with Crippen LogP contribution in [-0.2, 0) is 9.59 Å². The monoisotopic (exact) mass is 410 g/mol. The van der Waals surface area contributed by atoms with E-state index in [0.717, 1.165) is 19.9 Å². The number of aryl methyl sites for hydroxylation is 1. The van der Waals surface area contributed by atoms with Gasteiger partial charge in [0.15, 0.2) is 8.68 Å². The van der Waals surface area contributed by atoms with E-state index in [-0.39, 0.29) is 17.6 Å². The Balaban J connectivity index is 1.76. The van der Waals surface area contributed by atoms with E-state index < -0.39 is 0 Å². The van der Waals surface area contributed by atoms with E-state index in [2.05, 4.69) is 15.5 Å². The van der Waals surface area contributed by atoms with Gasteiger partial charge in [-0.25, -0.2) is 0 Å². The Kier molecular flexibility index (Phi) is 8.40. The second-order valence-electron chi connectivity index (χ2n) is 5.39. The van der Waals surface area contributed by atoms with Crippen molar-refractivity contribution in [3.63, 3.8) is 0 Å². The van der Waals surface area contributed by atoms with Crippen molar-refractivity contribution in [3.05, 3.63) is 29.8 Å². The van der Waals surface area contributed by atoms with E-state index in [1.807, 2.05) is 45.0 Å². The summed E-state index contributed by atoms with van der Waals surface area (Å²) < 4.78 is 1.47. The minimum atomic E-state index is -0.0834. The Morgan fingerprint density at radius 3 is 2.19 bits per heavy atom. The number of anilines is 1. The van der Waals surface area contributed by atoms with Crippen LogP contribution in [0.3, 0.4) is 0 Å². The Morgan fingerprint density at radius 2 is 1.62 bits per heavy atom. The average molecular weight is 411 g/mol. The largest absolute Gasteiger partial charge is 0.343 e. The molecule has 0 saturated heterocycles. The van der Waals surface area contributed by atoms with Crippen LogP contribution < -0.4 is 5.32 Å². The number of aromatic nitrogens is 2. The fourth-order valence-corrected chi connectivity index (χ4v) is 4.79. The topological polar surface area (TPSA) is 75.2 Å². The van der Waals surface area contributed by atoms with Crippen molar-refractivity contribution in [2.24, 2.45) is 0 Å². The number of nitrogens with one attached hydrogen (secondary N) is 1. The number of rotatable bonds is 9. The summed E-state index contributed by atoms with van der Waals surface area (Å²) in [4.78, 5) is 25.8. The molecule has 2 amide bonds. The number of benzene rings is 1. The first kappa shape index (κ1) is 20.7. The summed E-state index contributed by atoms with van der Waals surface area (Å²) in [6.07, 6.45) is 0. The molecule has 1 aromatic heterocycles. The van der Waals surface area contributed by atoms with Crippen molar-refractivity contribution in [2.75, 3.05) is 29.9 Å². The molecule has 0 aliphatic heterocycles. The number of amides is 2. The first-order valence-corrected chi connectivity index (χ1v) is 11.0. The SMILES string of the molecule is CCN(CC)C(=O)CSc1nnc(SCC(=O)Nc2ccc(C)cc2)s1. The zero-order chi connectivity index (χ0) is 18.9. The number of carbonyl (C=O) groups is 2. The van der Waals surface area contributed by atoms with Crippen molar-refractivity contribution >= 4 is 52.4 Å². The highest BCUT2D eigenvalue weighted by Crippen LogP contribution is 2.29. The molecule has 0 aliphatic carbocycles. The predicted octanol–water partition coefficient (Wildman–Crippen LogP) is 3.54. The van der Waals surface area contributed by atoms with Gasteiger partial charge in [0.05, 0.1) is 11.5 Å². The van der Waals surface area contributed by atoms with Crippen LogP contribution in [-0.4, -0.2) is 51.5 Å². The van der Waals surface area contributed by atoms with Crippen LogP contribution in [0.2, 0.25) is 0 Å². The first-order valence-electron chi connectivity index (χ1n) is 8.25. The van der Waals surface area contributed by atoms with Crippen LogP contribution in [0.25, 0.3) is 0 Å². The van der Waals surface area contributed by atoms with Crippen LogP contribution in [0.4, 0.5) is 5.69 Å². The fourth-order valence-electron chi connectivity index (χ4n) is 2.07. The van der Waals surface area contributed by atoms with Gasteiger partial charge < -0.3 is 10.2 Å². The third-order valence-corrected chi connectivity index (χ3v) is 6.66. The van der Waals surface area contributed by atoms with Gasteiger partial charge in [0.1, 0.15) is 0 Å². The fraction of sp³-hybridized carbons (Fsp3) is 0.412. The lowest BCUT2D eigenvalue weighted by Gasteiger charge is -2.17. The summed E-state index contributed by atoms with van der Waals surface area (Å²) >= 11 is 4.14. The maximum atomic E-state index is 12.0. The zero-order valence-corrected chi connectivity index (χ0v) is 17.5. The van der Waals surface area contributed by atoms with Crippen LogP contribution >= 0.6 is 34.9 Å². The third-order valence-electron chi connectivity index (χ3n) is 3.49. The van der Waals surface area contributed by atoms with Gasteiger partial charge in [-0.1, -0.05) is 52.6 Å². The van der Waals surface area contributed by atoms with E-state index in [1.165, 1.54) is 34.9 Å². The molecule has 9 heteroatoms. The minimum Gasteiger partial charge on any atom is -0.343 e. The van der Waals surface area contributed by atoms with Gasteiger partial charge in [-0.15, -0.1) is 10.2 Å². The van der Waals surface area contributed by atoms with Gasteiger partial charge in [0.2, 0.25) is 11.8 Å². The molecule has 140 valence electrons. The standard InChI is InChI=1S/C17H22N4O2S3/c1-4-21(5-2)15(23)11-25-17-20-19-16(26-17)24-10-14(22)18-13-8-6-12(3)7-9-13/h6-9H,4-5,10-11H2,1-3H3,(H,18,22). The highest BCUT2D eigenvalue weighted by Gasteiger charge is 2.13. The van der Waals surface area contributed by atoms with Crippen molar-refractivity contribution in [2.45, 2.75) is 29.5 Å². The van der Waals surface area contributed by atoms with E-state index in [1.54, 1.807) is 4.90 Å². The van der Waals surface area contributed by atoms with Crippen LogP contribution in [0.1, 0.15) is 19.4 Å². The van der Waals surface area contributed by atoms with Crippen LogP contribution in [0.15, 0.2) is 32.9 Å². The molecule has 1 N–H and O–H groups in total. The Bertz CT molecular complexity index is 730. The molecule has 26 heavy (non-hydrogen) atoms. The molecule has 2 aromatic rings. The Morgan fingerprint density at radius 1 is 1.04 bits per heavy atom. The molecular weight excluding hydrogens is 388 g/mol. The number of hydrogen-bond donors (Lipinski definition) is 1. The second kappa shape index (κ2) is 10.5. The molecule has 0 bridgehead atoms. The summed E-state index contributed by atoms with van der Waals surface area (Å²) in [5.74, 6) is 0.641. The van der Waals surface area contributed by atoms with Crippen LogP contribution in [0.5, 0.6) is 0 Å². The first-order chi connectivity index (χ1) is 12.5. The van der Waals surface area contributed by atoms with Crippen molar-refractivity contribution in [1.29, 1.82) is 0 Å². The molecule has 0 unspecified atom stereocenters. The molecule has 1 aromatic carbocycles. The van der Waals surface area contributed by atoms with Gasteiger partial charge in [0, 0.05) is 18.8 Å². The van der Waals surface area contributed by atoms with Gasteiger partial charge in [-0.2, -0.15) is 0 Å². The summed E-state index contributed by atoms with van der Waals surface area (Å²) in [6.45, 7) is 7.36. The lowest BCUT2D eigenvalue weighted by molar-refractivity contribution is -0.128. The lowest BCUT2D eigenvalue weighted by atomic mass is 10.2. The van der Waals surface area contributed by atoms with Crippen molar-refractivity contribution < 1.29 is 9.59 Å². The number of carbonyl (C=O) groups excluding carboxylic acids is 2. The van der Waals surface area contributed by atoms with Crippen molar-refractivity contribution in [1.82, 2.24) is 15.1 Å². The quantitative estimate of drug-likeness (QED) is 0.637. The summed E-state index contributed by atoms with van der Waals surface area (Å²) in [5.41, 5.74) is 1.93. The van der Waals surface area contributed by atoms with E-state index in [4.69, 9.17) is 0 Å². The molecular formula is C17H22N4O2S3. The van der Waals surface area contributed by atoms with Gasteiger partial charge in [0.25, 0.3) is 0 Å². The van der Waals surface area contributed by atoms with Gasteiger partial charge >= 0.3 is 0 Å². The molecule has 0 fully saturated rings. The number of nitrogens with zero attached hydrogens (tertiary/aromatic N) is 3. The zero-order valence-electron chi connectivity index (χ0n) is 15.0. The summed E-state index contributed by atoms with van der Waals surface area (Å²) in [5, 5.41) is 11.0. The third kappa shape index (κ3) is 6.62.